The van der Waals surface area contributed by atoms with Crippen molar-refractivity contribution in [1.29, 1.82) is 5.26 Å². The van der Waals surface area contributed by atoms with Crippen LogP contribution in [0.5, 0.6) is 5.75 Å². The molecule has 4 rings (SSSR count). The number of aromatic nitrogens is 2. The average Bonchev–Trinajstić information content (AvgIpc) is 3.24. The van der Waals surface area contributed by atoms with Gasteiger partial charge in [-0.05, 0) is 53.7 Å². The van der Waals surface area contributed by atoms with E-state index in [0.29, 0.717) is 136 Å². The Kier molecular flexibility index (Phi) is 28.3. The fraction of sp³-hybridized carbons (Fsp3) is 0.525. The smallest absolute Gasteiger partial charge is 0.354 e. The molecule has 58 heavy (non-hydrogen) atoms. The molecule has 1 aromatic carbocycles. The molecule has 0 spiro atoms. The van der Waals surface area contributed by atoms with Crippen LogP contribution in [0.1, 0.15) is 44.0 Å². The highest BCUT2D eigenvalue weighted by molar-refractivity contribution is 8.03. The number of aliphatic hydroxyl groups is 1. The summed E-state index contributed by atoms with van der Waals surface area (Å²) in [5.41, 5.74) is 7.80. The number of carbonyl (C=O) groups excluding carboxylic acids is 1. The maximum absolute atomic E-state index is 11.7. The largest absolute Gasteiger partial charge is 0.508 e. The van der Waals surface area contributed by atoms with Gasteiger partial charge in [0.1, 0.15) is 22.5 Å². The molecule has 0 amide bonds. The minimum absolute atomic E-state index is 0.0428. The molecule has 2 aromatic heterocycles. The Balaban J connectivity index is 0.000000711. The number of nitriles is 1. The van der Waals surface area contributed by atoms with Crippen molar-refractivity contribution in [2.45, 2.75) is 12.6 Å². The molecular weight excluding hydrogens is 773 g/mol. The molecule has 320 valence electrons. The number of carboxylic acid groups (broad SMARTS) is 1. The maximum Gasteiger partial charge on any atom is 0.354 e. The van der Waals surface area contributed by atoms with E-state index in [1.807, 2.05) is 29.7 Å². The molecule has 17 nitrogen and oxygen atoms in total. The van der Waals surface area contributed by atoms with E-state index in [1.165, 1.54) is 17.8 Å². The standard InChI is InChI=1S/C32H40N4O8.C7H14N2O2S.CH4O/c37-24-27-4-1-3-26(33-27)23-35-11-15-41-19-21-43-17-13-36(14-18-44-22-20-42-16-12-35)31(25-7-9-28(38)10-8-25)29-5-2-6-30(34-29)32(39)40;8-1-2-10-3-4-11-5-6-12-7-9;1-2/h1-10,24,31,38H,11-23H2,(H,39,40);1-6,8H2;2H,1H3. The molecule has 1 aliphatic heterocycles. The van der Waals surface area contributed by atoms with Crippen molar-refractivity contribution in [3.63, 3.8) is 0 Å². The third-order valence-electron chi connectivity index (χ3n) is 8.10. The first-order chi connectivity index (χ1) is 28.4. The van der Waals surface area contributed by atoms with Gasteiger partial charge < -0.3 is 49.5 Å². The van der Waals surface area contributed by atoms with Gasteiger partial charge in [-0.25, -0.2) is 14.8 Å². The number of nitrogens with zero attached hydrogens (tertiary/aromatic N) is 5. The Hall–Kier alpha value is -4.10. The number of hydrogen-bond acceptors (Lipinski definition) is 17. The lowest BCUT2D eigenvalue weighted by Crippen LogP contribution is -2.36. The van der Waals surface area contributed by atoms with Crippen LogP contribution in [-0.2, 0) is 35.0 Å². The number of aromatic hydroxyl groups is 1. The van der Waals surface area contributed by atoms with Crippen molar-refractivity contribution < 1.29 is 53.3 Å². The normalized spacial score (nSPS) is 15.8. The van der Waals surface area contributed by atoms with E-state index in [0.717, 1.165) is 24.7 Å². The fourth-order valence-electron chi connectivity index (χ4n) is 5.42. The predicted molar refractivity (Wildman–Crippen MR) is 218 cm³/mol. The monoisotopic (exact) mass is 830 g/mol. The maximum atomic E-state index is 11.7. The Morgan fingerprint density at radius 2 is 1.43 bits per heavy atom. The first-order valence-electron chi connectivity index (χ1n) is 18.9. The molecular formula is C40H58N6O11S. The number of carbonyl (C=O) groups is 2. The average molecular weight is 831 g/mol. The number of pyridine rings is 2. The number of rotatable bonds is 15. The Labute approximate surface area is 345 Å². The summed E-state index contributed by atoms with van der Waals surface area (Å²) in [5.74, 6) is -0.250. The highest BCUT2D eigenvalue weighted by Crippen LogP contribution is 2.29. The van der Waals surface area contributed by atoms with Crippen molar-refractivity contribution in [2.75, 3.05) is 125 Å². The second-order valence-electron chi connectivity index (χ2n) is 12.1. The second kappa shape index (κ2) is 32.8. The Morgan fingerprint density at radius 3 is 2.00 bits per heavy atom. The quantitative estimate of drug-likeness (QED) is 0.0979. The number of aromatic carboxylic acids is 1. The molecule has 3 aromatic rings. The van der Waals surface area contributed by atoms with Crippen LogP contribution in [0, 0.1) is 10.7 Å². The Bertz CT molecular complexity index is 1550. The number of aliphatic hydroxyl groups excluding tert-OH is 1. The van der Waals surface area contributed by atoms with E-state index in [4.69, 9.17) is 44.5 Å². The molecule has 0 radical (unpaired) electrons. The van der Waals surface area contributed by atoms with Crippen molar-refractivity contribution in [3.8, 4) is 11.2 Å². The van der Waals surface area contributed by atoms with Crippen LogP contribution in [0.4, 0.5) is 0 Å². The summed E-state index contributed by atoms with van der Waals surface area (Å²) in [4.78, 5) is 35.9. The van der Waals surface area contributed by atoms with Crippen molar-refractivity contribution in [3.05, 3.63) is 89.0 Å². The molecule has 0 saturated carbocycles. The lowest BCUT2D eigenvalue weighted by atomic mass is 10.0. The minimum atomic E-state index is -1.10. The molecule has 1 aliphatic rings. The van der Waals surface area contributed by atoms with E-state index in [2.05, 4.69) is 19.8 Å². The van der Waals surface area contributed by atoms with Crippen LogP contribution in [0.15, 0.2) is 60.7 Å². The number of thiocyanates is 1. The SMILES string of the molecule is CO.N#CSCCOCCOCCN.O=Cc1cccc(CN2CCOCCOCCN(C(c3ccc(O)cc3)c3cccc(C(=O)O)n3)CCOCCOCC2)n1. The van der Waals surface area contributed by atoms with Gasteiger partial charge in [-0.2, -0.15) is 5.26 Å². The summed E-state index contributed by atoms with van der Waals surface area (Å²) in [6, 6.07) is 16.8. The number of benzene rings is 1. The molecule has 18 heteroatoms. The first-order valence-corrected chi connectivity index (χ1v) is 19.9. The number of nitrogens with two attached hydrogens (primary N) is 1. The van der Waals surface area contributed by atoms with Gasteiger partial charge in [-0.3, -0.25) is 14.6 Å². The van der Waals surface area contributed by atoms with Gasteiger partial charge in [-0.1, -0.05) is 24.3 Å². The highest BCUT2D eigenvalue weighted by Gasteiger charge is 2.25. The number of aldehydes is 1. The minimum Gasteiger partial charge on any atom is -0.508 e. The summed E-state index contributed by atoms with van der Waals surface area (Å²) in [6.07, 6.45) is 0.745. The summed E-state index contributed by atoms with van der Waals surface area (Å²) >= 11 is 1.20. The van der Waals surface area contributed by atoms with Gasteiger partial charge in [0, 0.05) is 52.1 Å². The molecule has 1 saturated heterocycles. The predicted octanol–water partition coefficient (Wildman–Crippen LogP) is 2.47. The summed E-state index contributed by atoms with van der Waals surface area (Å²) < 4.78 is 33.7. The van der Waals surface area contributed by atoms with Gasteiger partial charge >= 0.3 is 5.97 Å². The van der Waals surface area contributed by atoms with E-state index in [9.17, 15) is 19.8 Å². The van der Waals surface area contributed by atoms with Crippen molar-refractivity contribution in [1.82, 2.24) is 19.8 Å². The van der Waals surface area contributed by atoms with Crippen LogP contribution in [0.2, 0.25) is 0 Å². The molecule has 3 heterocycles. The lowest BCUT2D eigenvalue weighted by Gasteiger charge is -2.32. The van der Waals surface area contributed by atoms with Crippen LogP contribution in [0.25, 0.3) is 0 Å². The number of hydrogen-bond donors (Lipinski definition) is 4. The van der Waals surface area contributed by atoms with Gasteiger partial charge in [0.15, 0.2) is 6.29 Å². The number of phenolic OH excluding ortho intramolecular Hbond substituents is 1. The van der Waals surface area contributed by atoms with E-state index in [-0.39, 0.29) is 11.4 Å². The first kappa shape index (κ1) is 50.0. The third-order valence-corrected chi connectivity index (χ3v) is 8.60. The van der Waals surface area contributed by atoms with E-state index < -0.39 is 12.0 Å². The van der Waals surface area contributed by atoms with Crippen LogP contribution >= 0.6 is 11.8 Å². The second-order valence-corrected chi connectivity index (χ2v) is 13.0. The zero-order valence-corrected chi connectivity index (χ0v) is 34.0. The molecule has 0 aliphatic carbocycles. The molecule has 5 N–H and O–H groups in total. The molecule has 1 fully saturated rings. The number of thioether (sulfide) groups is 1. The Morgan fingerprint density at radius 1 is 0.845 bits per heavy atom. The van der Waals surface area contributed by atoms with Crippen molar-refractivity contribution in [2.24, 2.45) is 5.73 Å². The lowest BCUT2D eigenvalue weighted by molar-refractivity contribution is 0.00331. The fourth-order valence-corrected chi connectivity index (χ4v) is 5.71. The summed E-state index contributed by atoms with van der Waals surface area (Å²) in [7, 11) is 1.00. The zero-order valence-electron chi connectivity index (χ0n) is 33.2. The van der Waals surface area contributed by atoms with Gasteiger partial charge in [0.05, 0.1) is 96.7 Å². The highest BCUT2D eigenvalue weighted by atomic mass is 32.2. The van der Waals surface area contributed by atoms with Gasteiger partial charge in [0.25, 0.3) is 0 Å². The van der Waals surface area contributed by atoms with Gasteiger partial charge in [-0.15, -0.1) is 0 Å². The molecule has 0 bridgehead atoms. The molecule has 1 unspecified atom stereocenters. The van der Waals surface area contributed by atoms with Crippen LogP contribution in [-0.4, -0.2) is 172 Å². The van der Waals surface area contributed by atoms with Crippen molar-refractivity contribution >= 4 is 24.0 Å². The summed E-state index contributed by atoms with van der Waals surface area (Å²) in [5, 5.41) is 36.6. The van der Waals surface area contributed by atoms with E-state index in [1.54, 1.807) is 30.3 Å². The van der Waals surface area contributed by atoms with Gasteiger partial charge in [0.2, 0.25) is 0 Å². The van der Waals surface area contributed by atoms with E-state index >= 15 is 0 Å². The van der Waals surface area contributed by atoms with Crippen LogP contribution < -0.4 is 5.73 Å². The zero-order chi connectivity index (χ0) is 42.1. The summed E-state index contributed by atoms with van der Waals surface area (Å²) in [6.45, 7) is 9.31. The topological polar surface area (TPSA) is 232 Å². The number of ether oxygens (including phenoxy) is 6. The molecule has 1 atom stereocenters. The number of phenols is 1. The number of carboxylic acids is 1. The third kappa shape index (κ3) is 21.6. The van der Waals surface area contributed by atoms with Crippen LogP contribution in [0.3, 0.4) is 0 Å².